The first-order chi connectivity index (χ1) is 2.94. The summed E-state index contributed by atoms with van der Waals surface area (Å²) in [5.41, 5.74) is 0. The van der Waals surface area contributed by atoms with Crippen LogP contribution >= 0.6 is 0 Å². The average molecular weight is 285 g/mol. The number of hydrogen-bond acceptors (Lipinski definition) is 1. The quantitative estimate of drug-likeness (QED) is 0.701. The zero-order valence-corrected chi connectivity index (χ0v) is 6.92. The summed E-state index contributed by atoms with van der Waals surface area (Å²) in [6, 6.07) is 0. The Kier molecular flexibility index (Phi) is 2.27. The van der Waals surface area contributed by atoms with Crippen molar-refractivity contribution in [1.29, 1.82) is 0 Å². The molecule has 0 saturated carbocycles. The zero-order chi connectivity index (χ0) is 6.08. The van der Waals surface area contributed by atoms with Crippen LogP contribution < -0.4 is 0 Å². The Morgan fingerprint density at radius 2 is 1.29 bits per heavy atom. The van der Waals surface area contributed by atoms with Gasteiger partial charge in [-0.25, -0.2) is 0 Å². The fraction of sp³-hybridized carbons (Fsp3) is 1.00. The van der Waals surface area contributed by atoms with Crippen LogP contribution in [0.4, 0.5) is 9.47 Å². The normalized spacial score (nSPS) is 15.1. The molecule has 7 heavy (non-hydrogen) atoms. The Balaban J connectivity index is 3.54. The molecule has 46 valence electrons. The van der Waals surface area contributed by atoms with Crippen molar-refractivity contribution in [3.05, 3.63) is 0 Å². The molecule has 1 nitrogen and oxygen atoms in total. The fourth-order valence-corrected chi connectivity index (χ4v) is 0. The summed E-state index contributed by atoms with van der Waals surface area (Å²) in [6.07, 6.45) is 0. The van der Waals surface area contributed by atoms with Crippen molar-refractivity contribution in [3.63, 3.8) is 0 Å². The van der Waals surface area contributed by atoms with Crippen LogP contribution in [0, 0.1) is 0 Å². The van der Waals surface area contributed by atoms with E-state index in [2.05, 4.69) is 0 Å². The van der Waals surface area contributed by atoms with E-state index in [9.17, 15) is 9.47 Å². The summed E-state index contributed by atoms with van der Waals surface area (Å²) in [5, 5.41) is 0. The van der Waals surface area contributed by atoms with Gasteiger partial charge in [0, 0.05) is 0 Å². The molecule has 0 aromatic rings. The molecule has 0 fully saturated rings. The van der Waals surface area contributed by atoms with Crippen LogP contribution in [0.5, 0.6) is 0 Å². The Bertz CT molecular complexity index is 58.4. The molecule has 0 rings (SSSR count). The second-order valence-electron chi connectivity index (χ2n) is 1.19. The van der Waals surface area contributed by atoms with Crippen LogP contribution in [-0.4, -0.2) is 17.6 Å². The summed E-state index contributed by atoms with van der Waals surface area (Å²) in [4.78, 5) is 0. The van der Waals surface area contributed by atoms with Crippen molar-refractivity contribution in [2.75, 3.05) is 14.1 Å². The second kappa shape index (κ2) is 2.14. The van der Waals surface area contributed by atoms with Crippen molar-refractivity contribution in [2.24, 2.45) is 0 Å². The molecule has 0 unspecified atom stereocenters. The predicted molar refractivity (Wildman–Crippen MR) is 17.0 cm³/mol. The van der Waals surface area contributed by atoms with Gasteiger partial charge in [-0.2, -0.15) is 0 Å². The molecule has 0 aromatic carbocycles. The first-order valence-corrected chi connectivity index (χ1v) is 6.18. The maximum atomic E-state index is 11.3. The molecule has 5 heteroatoms. The van der Waals surface area contributed by atoms with E-state index < -0.39 is 17.9 Å². The minimum atomic E-state index is -6.02. The van der Waals surface area contributed by atoms with Gasteiger partial charge in [-0.1, -0.05) is 0 Å². The Morgan fingerprint density at radius 1 is 1.14 bits per heavy atom. The number of rotatable bonds is 1. The Morgan fingerprint density at radius 3 is 1.29 bits per heavy atom. The Labute approximate surface area is 45.5 Å². The van der Waals surface area contributed by atoms with E-state index in [0.29, 0.717) is 3.46 Å². The van der Waals surface area contributed by atoms with Crippen LogP contribution in [0.2, 0.25) is 0 Å². The Hall–Kier alpha value is 0.438. The molecule has 0 aliphatic rings. The van der Waals surface area contributed by atoms with E-state index in [-0.39, 0.29) is 0 Å². The number of hydrogen-bond donors (Lipinski definition) is 0. The van der Waals surface area contributed by atoms with Gasteiger partial charge >= 0.3 is 44.9 Å². The topological polar surface area (TPSA) is 3.24 Å². The monoisotopic (exact) mass is 285 g/mol. The number of nitrogens with zero attached hydrogens (tertiary/aromatic N) is 1. The van der Waals surface area contributed by atoms with Gasteiger partial charge in [-0.15, -0.1) is 0 Å². The average Bonchev–Trinajstić information content (AvgIpc) is 1.31. The molecule has 0 N–H and O–H groups in total. The summed E-state index contributed by atoms with van der Waals surface area (Å²) in [5.74, 6) is 0. The third-order valence-electron chi connectivity index (χ3n) is 0.414. The molecule has 0 heterocycles. The summed E-state index contributed by atoms with van der Waals surface area (Å²) in [7, 11) is 2.10. The van der Waals surface area contributed by atoms with Gasteiger partial charge in [-0.3, -0.25) is 0 Å². The van der Waals surface area contributed by atoms with Gasteiger partial charge in [0.05, 0.1) is 0 Å². The van der Waals surface area contributed by atoms with E-state index >= 15 is 0 Å². The molecule has 0 atom stereocenters. The van der Waals surface area contributed by atoms with Gasteiger partial charge < -0.3 is 0 Å². The molecule has 0 radical (unpaired) electrons. The molecular formula is C2H6F3NW. The van der Waals surface area contributed by atoms with Crippen LogP contribution in [0.15, 0.2) is 0 Å². The number of halogens is 3. The predicted octanol–water partition coefficient (Wildman–Crippen LogP) is 1.27. The van der Waals surface area contributed by atoms with Crippen LogP contribution in [0.1, 0.15) is 0 Å². The van der Waals surface area contributed by atoms with Crippen LogP contribution in [-0.2, 0) is 17.9 Å². The van der Waals surface area contributed by atoms with E-state index in [4.69, 9.17) is 0 Å². The van der Waals surface area contributed by atoms with Gasteiger partial charge in [0.2, 0.25) is 0 Å². The summed E-state index contributed by atoms with van der Waals surface area (Å²) in [6.45, 7) is 0. The van der Waals surface area contributed by atoms with Crippen LogP contribution in [0.25, 0.3) is 0 Å². The fourth-order valence-electron chi connectivity index (χ4n) is 0. The van der Waals surface area contributed by atoms with Crippen molar-refractivity contribution >= 4 is 0 Å². The SMILES string of the molecule is C[N](C)[W]([F])([F])[F]. The first-order valence-electron chi connectivity index (χ1n) is 1.54. The molecule has 0 aromatic heterocycles. The van der Waals surface area contributed by atoms with Crippen LogP contribution in [0.3, 0.4) is 0 Å². The third kappa shape index (κ3) is 3.06. The van der Waals surface area contributed by atoms with Crippen molar-refractivity contribution < 1.29 is 27.4 Å². The van der Waals surface area contributed by atoms with Gasteiger partial charge in [0.15, 0.2) is 0 Å². The molecule has 0 amide bonds. The van der Waals surface area contributed by atoms with E-state index in [1.165, 1.54) is 0 Å². The molecule has 0 saturated heterocycles. The molecule has 0 bridgehead atoms. The van der Waals surface area contributed by atoms with Gasteiger partial charge in [0.1, 0.15) is 0 Å². The third-order valence-corrected chi connectivity index (χ3v) is 3.39. The molecular weight excluding hydrogens is 279 g/mol. The van der Waals surface area contributed by atoms with E-state index in [0.717, 1.165) is 14.1 Å². The molecule has 0 spiro atoms. The van der Waals surface area contributed by atoms with E-state index in [1.807, 2.05) is 0 Å². The second-order valence-corrected chi connectivity index (χ2v) is 6.56. The molecule has 0 aliphatic carbocycles. The van der Waals surface area contributed by atoms with Gasteiger partial charge in [0.25, 0.3) is 0 Å². The van der Waals surface area contributed by atoms with Crippen molar-refractivity contribution in [1.82, 2.24) is 3.46 Å². The van der Waals surface area contributed by atoms with Crippen molar-refractivity contribution in [3.8, 4) is 0 Å². The maximum absolute atomic E-state index is 11.3. The summed E-state index contributed by atoms with van der Waals surface area (Å²) >= 11 is -6.02. The van der Waals surface area contributed by atoms with Gasteiger partial charge in [-0.05, 0) is 0 Å². The zero-order valence-electron chi connectivity index (χ0n) is 3.99. The van der Waals surface area contributed by atoms with E-state index in [1.54, 1.807) is 0 Å². The minimum absolute atomic E-state index is 0.396. The standard InChI is InChI=1S/C2H6N.3FH.W/c1-3-2;;;;/h1-2H3;3*1H;/q-1;;;;+4/p-3. The van der Waals surface area contributed by atoms with Crippen molar-refractivity contribution in [2.45, 2.75) is 0 Å². The molecule has 0 aliphatic heterocycles. The first kappa shape index (κ1) is 7.44. The summed E-state index contributed by atoms with van der Waals surface area (Å²) < 4.78 is 34.3.